The van der Waals surface area contributed by atoms with E-state index in [9.17, 15) is 13.2 Å². The Kier molecular flexibility index (Phi) is 5.07. The van der Waals surface area contributed by atoms with Crippen LogP contribution in [0.3, 0.4) is 0 Å². The minimum absolute atomic E-state index is 0.0118. The van der Waals surface area contributed by atoms with E-state index in [1.54, 1.807) is 14.0 Å². The molecular weight excluding hydrogens is 270 g/mol. The van der Waals surface area contributed by atoms with E-state index in [0.717, 1.165) is 6.42 Å². The summed E-state index contributed by atoms with van der Waals surface area (Å²) in [7, 11) is -2.23. The Labute approximate surface area is 112 Å². The summed E-state index contributed by atoms with van der Waals surface area (Å²) < 4.78 is 27.9. The monoisotopic (exact) mass is 289 g/mol. The van der Waals surface area contributed by atoms with Crippen molar-refractivity contribution in [3.05, 3.63) is 11.9 Å². The van der Waals surface area contributed by atoms with E-state index in [1.807, 2.05) is 6.92 Å². The standard InChI is InChI=1S/C11H19N3O4S/c1-4-5-6-9(11(15)16)13-19(17,18)10-7-12-14(3)8(10)2/h7,9,13H,4-6H2,1-3H3,(H,15,16). The molecule has 0 aromatic carbocycles. The molecule has 0 aliphatic carbocycles. The highest BCUT2D eigenvalue weighted by molar-refractivity contribution is 7.89. The first kappa shape index (κ1) is 15.6. The van der Waals surface area contributed by atoms with Crippen LogP contribution in [0.25, 0.3) is 0 Å². The Hall–Kier alpha value is -1.41. The number of aryl methyl sites for hydroxylation is 1. The van der Waals surface area contributed by atoms with E-state index in [1.165, 1.54) is 10.9 Å². The first-order valence-electron chi connectivity index (χ1n) is 6.03. The molecule has 7 nitrogen and oxygen atoms in total. The van der Waals surface area contributed by atoms with Crippen molar-refractivity contribution in [2.75, 3.05) is 0 Å². The third-order valence-electron chi connectivity index (χ3n) is 2.92. The highest BCUT2D eigenvalue weighted by Gasteiger charge is 2.27. The van der Waals surface area contributed by atoms with Crippen LogP contribution in [0.1, 0.15) is 31.9 Å². The minimum atomic E-state index is -3.86. The van der Waals surface area contributed by atoms with Gasteiger partial charge in [-0.15, -0.1) is 0 Å². The summed E-state index contributed by atoms with van der Waals surface area (Å²) in [6.07, 6.45) is 2.93. The number of aliphatic carboxylic acids is 1. The number of nitrogens with zero attached hydrogens (tertiary/aromatic N) is 2. The number of carboxylic acid groups (broad SMARTS) is 1. The summed E-state index contributed by atoms with van der Waals surface area (Å²) >= 11 is 0. The molecule has 0 spiro atoms. The summed E-state index contributed by atoms with van der Waals surface area (Å²) in [4.78, 5) is 11.1. The third-order valence-corrected chi connectivity index (χ3v) is 4.50. The van der Waals surface area contributed by atoms with E-state index < -0.39 is 22.0 Å². The predicted octanol–water partition coefficient (Wildman–Crippen LogP) is 0.650. The average Bonchev–Trinajstić information content (AvgIpc) is 2.65. The second kappa shape index (κ2) is 6.16. The lowest BCUT2D eigenvalue weighted by Crippen LogP contribution is -2.40. The van der Waals surface area contributed by atoms with Crippen molar-refractivity contribution in [1.82, 2.24) is 14.5 Å². The van der Waals surface area contributed by atoms with Gasteiger partial charge in [0.2, 0.25) is 10.0 Å². The lowest BCUT2D eigenvalue weighted by Gasteiger charge is -2.14. The first-order chi connectivity index (χ1) is 8.79. The molecule has 19 heavy (non-hydrogen) atoms. The highest BCUT2D eigenvalue weighted by Crippen LogP contribution is 2.14. The molecule has 0 saturated heterocycles. The average molecular weight is 289 g/mol. The van der Waals surface area contributed by atoms with Crippen LogP contribution in [0, 0.1) is 6.92 Å². The van der Waals surface area contributed by atoms with Gasteiger partial charge in [0.25, 0.3) is 0 Å². The summed E-state index contributed by atoms with van der Waals surface area (Å²) in [5, 5.41) is 12.9. The topological polar surface area (TPSA) is 101 Å². The maximum atomic E-state index is 12.1. The van der Waals surface area contributed by atoms with Crippen LogP contribution < -0.4 is 4.72 Å². The number of hydrogen-bond donors (Lipinski definition) is 2. The Morgan fingerprint density at radius 1 is 1.58 bits per heavy atom. The van der Waals surface area contributed by atoms with Crippen LogP contribution in [-0.4, -0.2) is 35.3 Å². The van der Waals surface area contributed by atoms with E-state index in [4.69, 9.17) is 5.11 Å². The molecule has 108 valence electrons. The second-order valence-electron chi connectivity index (χ2n) is 4.37. The number of hydrogen-bond acceptors (Lipinski definition) is 4. The molecular formula is C11H19N3O4S. The molecule has 0 fully saturated rings. The third kappa shape index (κ3) is 3.77. The Morgan fingerprint density at radius 2 is 2.21 bits per heavy atom. The van der Waals surface area contributed by atoms with Gasteiger partial charge >= 0.3 is 5.97 Å². The van der Waals surface area contributed by atoms with Gasteiger partial charge < -0.3 is 5.11 Å². The van der Waals surface area contributed by atoms with E-state index in [-0.39, 0.29) is 11.3 Å². The van der Waals surface area contributed by atoms with Gasteiger partial charge in [-0.05, 0) is 13.3 Å². The highest BCUT2D eigenvalue weighted by atomic mass is 32.2. The molecule has 2 N–H and O–H groups in total. The fourth-order valence-corrected chi connectivity index (χ4v) is 3.06. The smallest absolute Gasteiger partial charge is 0.321 e. The molecule has 8 heteroatoms. The lowest BCUT2D eigenvalue weighted by molar-refractivity contribution is -0.139. The van der Waals surface area contributed by atoms with Crippen LogP contribution in [-0.2, 0) is 21.9 Å². The fraction of sp³-hybridized carbons (Fsp3) is 0.636. The van der Waals surface area contributed by atoms with E-state index >= 15 is 0 Å². The maximum absolute atomic E-state index is 12.1. The number of aromatic nitrogens is 2. The number of rotatable bonds is 7. The molecule has 0 radical (unpaired) electrons. The van der Waals surface area contributed by atoms with Crippen molar-refractivity contribution in [2.24, 2.45) is 7.05 Å². The zero-order chi connectivity index (χ0) is 14.6. The molecule has 1 unspecified atom stereocenters. The Bertz CT molecular complexity index is 550. The van der Waals surface area contributed by atoms with E-state index in [2.05, 4.69) is 9.82 Å². The van der Waals surface area contributed by atoms with Gasteiger partial charge in [0.1, 0.15) is 10.9 Å². The Balaban J connectivity index is 2.94. The van der Waals surface area contributed by atoms with Crippen LogP contribution in [0.5, 0.6) is 0 Å². The summed E-state index contributed by atoms with van der Waals surface area (Å²) in [5.41, 5.74) is 0.465. The minimum Gasteiger partial charge on any atom is -0.480 e. The van der Waals surface area contributed by atoms with Crippen LogP contribution >= 0.6 is 0 Å². The fourth-order valence-electron chi connectivity index (χ4n) is 1.63. The summed E-state index contributed by atoms with van der Waals surface area (Å²) in [6, 6.07) is -1.11. The van der Waals surface area contributed by atoms with Gasteiger partial charge in [-0.3, -0.25) is 9.48 Å². The molecule has 1 atom stereocenters. The predicted molar refractivity (Wildman–Crippen MR) is 69.2 cm³/mol. The van der Waals surface area contributed by atoms with Crippen molar-refractivity contribution in [3.8, 4) is 0 Å². The number of unbranched alkanes of at least 4 members (excludes halogenated alkanes) is 1. The van der Waals surface area contributed by atoms with E-state index in [0.29, 0.717) is 12.1 Å². The lowest BCUT2D eigenvalue weighted by atomic mass is 10.1. The molecule has 0 aliphatic heterocycles. The normalized spacial score (nSPS) is 13.4. The molecule has 0 saturated carbocycles. The molecule has 1 aromatic rings. The van der Waals surface area contributed by atoms with Crippen LogP contribution in [0.15, 0.2) is 11.1 Å². The quantitative estimate of drug-likeness (QED) is 0.767. The van der Waals surface area contributed by atoms with Gasteiger partial charge in [0.05, 0.1) is 11.9 Å². The van der Waals surface area contributed by atoms with Gasteiger partial charge in [-0.25, -0.2) is 8.42 Å². The molecule has 1 rings (SSSR count). The maximum Gasteiger partial charge on any atom is 0.321 e. The first-order valence-corrected chi connectivity index (χ1v) is 7.51. The van der Waals surface area contributed by atoms with Crippen molar-refractivity contribution in [2.45, 2.75) is 44.0 Å². The van der Waals surface area contributed by atoms with Crippen LogP contribution in [0.2, 0.25) is 0 Å². The summed E-state index contributed by atoms with van der Waals surface area (Å²) in [5.74, 6) is -1.17. The number of carbonyl (C=O) groups is 1. The zero-order valence-electron chi connectivity index (χ0n) is 11.3. The SMILES string of the molecule is CCCCC(NS(=O)(=O)c1cnn(C)c1C)C(=O)O. The number of carboxylic acids is 1. The van der Waals surface area contributed by atoms with Gasteiger partial charge in [0.15, 0.2) is 0 Å². The second-order valence-corrected chi connectivity index (χ2v) is 6.05. The molecule has 1 aromatic heterocycles. The van der Waals surface area contributed by atoms with Gasteiger partial charge in [0, 0.05) is 7.05 Å². The van der Waals surface area contributed by atoms with Gasteiger partial charge in [-0.1, -0.05) is 19.8 Å². The molecule has 0 aliphatic rings. The van der Waals surface area contributed by atoms with Crippen molar-refractivity contribution < 1.29 is 18.3 Å². The summed E-state index contributed by atoms with van der Waals surface area (Å²) in [6.45, 7) is 3.53. The largest absolute Gasteiger partial charge is 0.480 e. The molecule has 0 amide bonds. The van der Waals surface area contributed by atoms with Crippen molar-refractivity contribution in [1.29, 1.82) is 0 Å². The molecule has 0 bridgehead atoms. The molecule has 1 heterocycles. The zero-order valence-corrected chi connectivity index (χ0v) is 12.1. The van der Waals surface area contributed by atoms with Crippen molar-refractivity contribution >= 4 is 16.0 Å². The number of nitrogens with one attached hydrogen (secondary N) is 1. The Morgan fingerprint density at radius 3 is 2.63 bits per heavy atom. The van der Waals surface area contributed by atoms with Crippen molar-refractivity contribution in [3.63, 3.8) is 0 Å². The van der Waals surface area contributed by atoms with Gasteiger partial charge in [-0.2, -0.15) is 9.82 Å². The number of sulfonamides is 1. The van der Waals surface area contributed by atoms with Crippen LogP contribution in [0.4, 0.5) is 0 Å².